The first-order chi connectivity index (χ1) is 8.02. The summed E-state index contributed by atoms with van der Waals surface area (Å²) in [5.74, 6) is -2.00. The first-order valence-electron chi connectivity index (χ1n) is 5.38. The Morgan fingerprint density at radius 1 is 0.739 bits per heavy atom. The highest BCUT2D eigenvalue weighted by atomic mass is 16.4. The molecule has 0 rings (SSSR count). The SMILES string of the molecule is C.C.C.C.C.CC(=O)O.CC(=O)O.CC(N)=O.CCC.CCN. The van der Waals surface area contributed by atoms with Gasteiger partial charge in [-0.05, 0) is 6.54 Å². The molecule has 0 aromatic heterocycles. The molecular formula is C16H48N2O5. The molecule has 0 aliphatic rings. The van der Waals surface area contributed by atoms with Crippen LogP contribution in [0.15, 0.2) is 0 Å². The number of carbonyl (C=O) groups is 3. The molecule has 6 N–H and O–H groups in total. The van der Waals surface area contributed by atoms with Crippen LogP contribution in [0, 0.1) is 0 Å². The van der Waals surface area contributed by atoms with Crippen LogP contribution >= 0.6 is 0 Å². The molecule has 0 aromatic carbocycles. The Balaban J connectivity index is -0.0000000109. The third-order valence-corrected chi connectivity index (χ3v) is 0. The Hall–Kier alpha value is -1.63. The Kier molecular flexibility index (Phi) is 260. The van der Waals surface area contributed by atoms with Gasteiger partial charge in [0.15, 0.2) is 0 Å². The smallest absolute Gasteiger partial charge is 0.300 e. The molecule has 0 aliphatic heterocycles. The first-order valence-corrected chi connectivity index (χ1v) is 5.38. The Bertz CT molecular complexity index is 145. The van der Waals surface area contributed by atoms with E-state index in [0.29, 0.717) is 0 Å². The molecule has 0 aromatic rings. The molecule has 23 heavy (non-hydrogen) atoms. The molecule has 0 saturated carbocycles. The fourth-order valence-electron chi connectivity index (χ4n) is 0. The second kappa shape index (κ2) is 87.1. The van der Waals surface area contributed by atoms with Crippen molar-refractivity contribution in [3.05, 3.63) is 0 Å². The van der Waals surface area contributed by atoms with E-state index in [1.807, 2.05) is 6.92 Å². The van der Waals surface area contributed by atoms with Gasteiger partial charge in [-0.1, -0.05) is 64.3 Å². The maximum Gasteiger partial charge on any atom is 0.300 e. The number of primary amides is 1. The lowest BCUT2D eigenvalue weighted by Crippen LogP contribution is -2.01. The Morgan fingerprint density at radius 2 is 0.739 bits per heavy atom. The van der Waals surface area contributed by atoms with Gasteiger partial charge in [0.25, 0.3) is 11.9 Å². The first kappa shape index (κ1) is 68.6. The maximum absolute atomic E-state index is 9.22. The van der Waals surface area contributed by atoms with E-state index in [1.165, 1.54) is 13.3 Å². The summed E-state index contributed by atoms with van der Waals surface area (Å²) in [5.41, 5.74) is 9.32. The molecule has 0 heterocycles. The van der Waals surface area contributed by atoms with Crippen molar-refractivity contribution in [2.45, 2.75) is 85.1 Å². The molecule has 0 radical (unpaired) electrons. The van der Waals surface area contributed by atoms with Gasteiger partial charge in [0.2, 0.25) is 5.91 Å². The lowest BCUT2D eigenvalue weighted by atomic mass is 10.6. The molecule has 0 fully saturated rings. The van der Waals surface area contributed by atoms with Crippen LogP contribution in [0.1, 0.15) is 85.1 Å². The average Bonchev–Trinajstić information content (AvgIpc) is 2.00. The predicted octanol–water partition coefficient (Wildman–Crippen LogP) is 4.24. The van der Waals surface area contributed by atoms with E-state index >= 15 is 0 Å². The second-order valence-corrected chi connectivity index (χ2v) is 2.76. The molecular weight excluding hydrogens is 300 g/mol. The summed E-state index contributed by atoms with van der Waals surface area (Å²) in [5, 5.41) is 14.8. The van der Waals surface area contributed by atoms with E-state index in [0.717, 1.165) is 20.4 Å². The minimum atomic E-state index is -0.833. The fraction of sp³-hybridized carbons (Fsp3) is 0.812. The Morgan fingerprint density at radius 3 is 0.739 bits per heavy atom. The van der Waals surface area contributed by atoms with Crippen LogP contribution in [-0.2, 0) is 14.4 Å². The van der Waals surface area contributed by atoms with Crippen LogP contribution in [0.5, 0.6) is 0 Å². The van der Waals surface area contributed by atoms with Crippen LogP contribution in [0.2, 0.25) is 0 Å². The van der Waals surface area contributed by atoms with Crippen molar-refractivity contribution in [3.8, 4) is 0 Å². The molecule has 7 heteroatoms. The zero-order valence-electron chi connectivity index (χ0n) is 12.2. The number of hydrogen-bond donors (Lipinski definition) is 4. The second-order valence-electron chi connectivity index (χ2n) is 2.76. The van der Waals surface area contributed by atoms with E-state index in [1.54, 1.807) is 0 Å². The van der Waals surface area contributed by atoms with Gasteiger partial charge < -0.3 is 21.7 Å². The molecule has 0 unspecified atom stereocenters. The van der Waals surface area contributed by atoms with Crippen molar-refractivity contribution in [2.75, 3.05) is 6.54 Å². The van der Waals surface area contributed by atoms with E-state index in [9.17, 15) is 4.79 Å². The van der Waals surface area contributed by atoms with Gasteiger partial charge in [0.05, 0.1) is 0 Å². The van der Waals surface area contributed by atoms with Gasteiger partial charge in [-0.3, -0.25) is 14.4 Å². The van der Waals surface area contributed by atoms with Gasteiger partial charge >= 0.3 is 0 Å². The van der Waals surface area contributed by atoms with Crippen LogP contribution in [0.3, 0.4) is 0 Å². The number of hydrogen-bond acceptors (Lipinski definition) is 4. The predicted molar refractivity (Wildman–Crippen MR) is 106 cm³/mol. The lowest BCUT2D eigenvalue weighted by molar-refractivity contribution is -0.135. The highest BCUT2D eigenvalue weighted by Gasteiger charge is 1.66. The van der Waals surface area contributed by atoms with Crippen LogP contribution in [0.4, 0.5) is 0 Å². The number of carboxylic acids is 2. The summed E-state index contributed by atoms with van der Waals surface area (Å²) in [7, 11) is 0. The number of carbonyl (C=O) groups excluding carboxylic acids is 1. The standard InChI is InChI=1S/C3H8.C2H5NO.C2H7N.2C2H4O2.5CH4/c1-3-2;1-2(3)4;1-2-3;2*1-2(3)4;;;;;/h3H2,1-2H3;1H3,(H2,3,4);2-3H2,1H3;2*1H3,(H,3,4);5*1H4. The van der Waals surface area contributed by atoms with E-state index in [4.69, 9.17) is 25.5 Å². The minimum absolute atomic E-state index is 0. The zero-order valence-corrected chi connectivity index (χ0v) is 12.2. The maximum atomic E-state index is 9.22. The summed E-state index contributed by atoms with van der Waals surface area (Å²) >= 11 is 0. The molecule has 1 amide bonds. The van der Waals surface area contributed by atoms with Crippen molar-refractivity contribution >= 4 is 17.8 Å². The van der Waals surface area contributed by atoms with E-state index in [2.05, 4.69) is 19.6 Å². The number of rotatable bonds is 0. The van der Waals surface area contributed by atoms with Crippen LogP contribution < -0.4 is 11.5 Å². The zero-order chi connectivity index (χ0) is 16.1. The molecule has 0 bridgehead atoms. The van der Waals surface area contributed by atoms with Crippen molar-refractivity contribution in [2.24, 2.45) is 11.5 Å². The fourth-order valence-corrected chi connectivity index (χ4v) is 0. The minimum Gasteiger partial charge on any atom is -0.481 e. The molecule has 0 saturated heterocycles. The Labute approximate surface area is 146 Å². The molecule has 0 atom stereocenters. The normalized spacial score (nSPS) is 4.83. The topological polar surface area (TPSA) is 144 Å². The summed E-state index contributed by atoms with van der Waals surface area (Å²) in [6.07, 6.45) is 1.25. The summed E-state index contributed by atoms with van der Waals surface area (Å²) in [6, 6.07) is 0. The largest absolute Gasteiger partial charge is 0.481 e. The molecule has 0 spiro atoms. The monoisotopic (exact) mass is 348 g/mol. The summed E-state index contributed by atoms with van der Waals surface area (Å²) < 4.78 is 0. The highest BCUT2D eigenvalue weighted by Crippen LogP contribution is 1.56. The van der Waals surface area contributed by atoms with Crippen molar-refractivity contribution in [1.29, 1.82) is 0 Å². The summed E-state index contributed by atoms with van der Waals surface area (Å²) in [4.78, 5) is 27.2. The summed E-state index contributed by atoms with van der Waals surface area (Å²) in [6.45, 7) is 10.4. The molecule has 7 nitrogen and oxygen atoms in total. The molecule has 0 aliphatic carbocycles. The van der Waals surface area contributed by atoms with Gasteiger partial charge in [-0.15, -0.1) is 0 Å². The van der Waals surface area contributed by atoms with E-state index < -0.39 is 11.9 Å². The lowest BCUT2D eigenvalue weighted by Gasteiger charge is -1.60. The van der Waals surface area contributed by atoms with Gasteiger partial charge in [0.1, 0.15) is 0 Å². The average molecular weight is 349 g/mol. The molecule has 152 valence electrons. The van der Waals surface area contributed by atoms with Gasteiger partial charge in [-0.2, -0.15) is 0 Å². The number of aliphatic carboxylic acids is 2. The number of carboxylic acid groups (broad SMARTS) is 2. The van der Waals surface area contributed by atoms with Gasteiger partial charge in [-0.25, -0.2) is 0 Å². The van der Waals surface area contributed by atoms with Crippen LogP contribution in [-0.4, -0.2) is 34.6 Å². The third-order valence-electron chi connectivity index (χ3n) is 0. The van der Waals surface area contributed by atoms with Crippen molar-refractivity contribution in [1.82, 2.24) is 0 Å². The van der Waals surface area contributed by atoms with Crippen LogP contribution in [0.25, 0.3) is 0 Å². The van der Waals surface area contributed by atoms with Crippen molar-refractivity contribution < 1.29 is 24.6 Å². The number of nitrogens with two attached hydrogens (primary N) is 2. The quantitative estimate of drug-likeness (QED) is 0.515. The highest BCUT2D eigenvalue weighted by molar-refractivity contribution is 5.70. The van der Waals surface area contributed by atoms with Gasteiger partial charge in [0, 0.05) is 20.8 Å². The third kappa shape index (κ3) is 2590. The van der Waals surface area contributed by atoms with E-state index in [-0.39, 0.29) is 43.0 Å². The van der Waals surface area contributed by atoms with Crippen molar-refractivity contribution in [3.63, 3.8) is 0 Å². The number of amides is 1.